The number of hydrogen-bond donors (Lipinski definition) is 1. The van der Waals surface area contributed by atoms with E-state index in [1.54, 1.807) is 6.92 Å². The minimum absolute atomic E-state index is 0.0700. The van der Waals surface area contributed by atoms with Crippen molar-refractivity contribution in [2.24, 2.45) is 0 Å². The molecule has 74 valence electrons. The van der Waals surface area contributed by atoms with Gasteiger partial charge in [-0.25, -0.2) is 4.98 Å². The highest BCUT2D eigenvalue weighted by molar-refractivity contribution is 5.98. The van der Waals surface area contributed by atoms with Gasteiger partial charge in [-0.15, -0.1) is 0 Å². The maximum Gasteiger partial charge on any atom is 0.163 e. The van der Waals surface area contributed by atoms with Crippen LogP contribution >= 0.6 is 0 Å². The molecule has 1 fully saturated rings. The number of pyridine rings is 1. The molecule has 1 aromatic rings. The first kappa shape index (κ1) is 9.19. The summed E-state index contributed by atoms with van der Waals surface area (Å²) < 4.78 is 0. The summed E-state index contributed by atoms with van der Waals surface area (Å²) in [5.74, 6) is 0.820. The Balaban J connectivity index is 2.31. The molecule has 1 aliphatic rings. The molecule has 14 heavy (non-hydrogen) atoms. The average molecular weight is 190 g/mol. The zero-order valence-corrected chi connectivity index (χ0v) is 8.50. The van der Waals surface area contributed by atoms with Crippen LogP contribution in [0.1, 0.15) is 35.8 Å². The number of hydrogen-bond acceptors (Lipinski definition) is 3. The van der Waals surface area contributed by atoms with Gasteiger partial charge in [0, 0.05) is 11.7 Å². The van der Waals surface area contributed by atoms with Crippen molar-refractivity contribution < 1.29 is 4.79 Å². The number of nitrogens with one attached hydrogen (secondary N) is 1. The topological polar surface area (TPSA) is 42.0 Å². The fourth-order valence-electron chi connectivity index (χ4n) is 1.37. The Morgan fingerprint density at radius 1 is 1.50 bits per heavy atom. The quantitative estimate of drug-likeness (QED) is 0.743. The predicted molar refractivity (Wildman–Crippen MR) is 55.6 cm³/mol. The molecule has 0 amide bonds. The van der Waals surface area contributed by atoms with Crippen LogP contribution in [0.15, 0.2) is 12.1 Å². The minimum Gasteiger partial charge on any atom is -0.367 e. The maximum absolute atomic E-state index is 11.3. The summed E-state index contributed by atoms with van der Waals surface area (Å²) in [6, 6.07) is 4.24. The van der Waals surface area contributed by atoms with Crippen molar-refractivity contribution in [1.29, 1.82) is 0 Å². The molecular formula is C11H14N2O. The van der Waals surface area contributed by atoms with Crippen molar-refractivity contribution in [2.45, 2.75) is 32.7 Å². The molecule has 0 radical (unpaired) electrons. The van der Waals surface area contributed by atoms with E-state index in [1.165, 1.54) is 12.8 Å². The Labute approximate surface area is 83.5 Å². The Hall–Kier alpha value is -1.38. The normalized spacial score (nSPS) is 15.3. The number of rotatable bonds is 3. The van der Waals surface area contributed by atoms with Gasteiger partial charge < -0.3 is 5.32 Å². The lowest BCUT2D eigenvalue weighted by Gasteiger charge is -2.08. The lowest BCUT2D eigenvalue weighted by molar-refractivity contribution is 0.101. The summed E-state index contributed by atoms with van der Waals surface area (Å²) in [5, 5.41) is 3.27. The van der Waals surface area contributed by atoms with Gasteiger partial charge in [-0.2, -0.15) is 0 Å². The molecule has 1 aliphatic carbocycles. The van der Waals surface area contributed by atoms with Crippen LogP contribution in [0.25, 0.3) is 0 Å². The van der Waals surface area contributed by atoms with Gasteiger partial charge in [0.15, 0.2) is 5.78 Å². The molecule has 0 spiro atoms. The van der Waals surface area contributed by atoms with E-state index in [1.807, 2.05) is 19.1 Å². The highest BCUT2D eigenvalue weighted by atomic mass is 16.1. The van der Waals surface area contributed by atoms with Crippen molar-refractivity contribution in [3.63, 3.8) is 0 Å². The van der Waals surface area contributed by atoms with E-state index >= 15 is 0 Å². The number of carbonyl (C=O) groups excluding carboxylic acids is 1. The van der Waals surface area contributed by atoms with Gasteiger partial charge in [-0.1, -0.05) is 0 Å². The van der Waals surface area contributed by atoms with Crippen LogP contribution in [0.2, 0.25) is 0 Å². The second-order valence-corrected chi connectivity index (χ2v) is 3.82. The first-order valence-corrected chi connectivity index (χ1v) is 4.92. The van der Waals surface area contributed by atoms with Crippen LogP contribution in [-0.4, -0.2) is 16.8 Å². The zero-order chi connectivity index (χ0) is 10.1. The summed E-state index contributed by atoms with van der Waals surface area (Å²) in [4.78, 5) is 15.6. The number of Topliss-reactive ketones (excluding diaryl/α,β-unsaturated/α-hetero) is 1. The lowest BCUT2D eigenvalue weighted by atomic mass is 10.1. The second-order valence-electron chi connectivity index (χ2n) is 3.82. The van der Waals surface area contributed by atoms with E-state index in [0.29, 0.717) is 11.6 Å². The van der Waals surface area contributed by atoms with E-state index in [2.05, 4.69) is 10.3 Å². The minimum atomic E-state index is 0.0700. The van der Waals surface area contributed by atoms with Crippen LogP contribution in [-0.2, 0) is 0 Å². The first-order valence-electron chi connectivity index (χ1n) is 4.92. The van der Waals surface area contributed by atoms with Crippen molar-refractivity contribution in [2.75, 3.05) is 5.32 Å². The maximum atomic E-state index is 11.3. The number of ketones is 1. The molecule has 1 saturated carbocycles. The second kappa shape index (κ2) is 3.40. The van der Waals surface area contributed by atoms with Gasteiger partial charge in [0.25, 0.3) is 0 Å². The van der Waals surface area contributed by atoms with Crippen LogP contribution < -0.4 is 5.32 Å². The number of aryl methyl sites for hydroxylation is 1. The fraction of sp³-hybridized carbons (Fsp3) is 0.455. The smallest absolute Gasteiger partial charge is 0.163 e. The van der Waals surface area contributed by atoms with E-state index < -0.39 is 0 Å². The van der Waals surface area contributed by atoms with E-state index in [0.717, 1.165) is 11.5 Å². The van der Waals surface area contributed by atoms with Crippen LogP contribution in [0, 0.1) is 6.92 Å². The number of carbonyl (C=O) groups is 1. The molecule has 0 bridgehead atoms. The molecule has 3 heteroatoms. The molecule has 0 unspecified atom stereocenters. The predicted octanol–water partition coefficient (Wildman–Crippen LogP) is 2.17. The Kier molecular flexibility index (Phi) is 2.23. The average Bonchev–Trinajstić information content (AvgIpc) is 2.87. The SMILES string of the molecule is CC(=O)c1ccc(C)nc1NC1CC1. The third kappa shape index (κ3) is 1.92. The van der Waals surface area contributed by atoms with Crippen LogP contribution in [0.3, 0.4) is 0 Å². The summed E-state index contributed by atoms with van der Waals surface area (Å²) in [6.07, 6.45) is 2.37. The molecule has 0 saturated heterocycles. The van der Waals surface area contributed by atoms with Crippen molar-refractivity contribution in [1.82, 2.24) is 4.98 Å². The summed E-state index contributed by atoms with van der Waals surface area (Å²) in [7, 11) is 0. The Morgan fingerprint density at radius 3 is 2.79 bits per heavy atom. The third-order valence-corrected chi connectivity index (χ3v) is 2.33. The molecule has 2 rings (SSSR count). The number of anilines is 1. The first-order chi connectivity index (χ1) is 6.66. The highest BCUT2D eigenvalue weighted by Crippen LogP contribution is 2.25. The van der Waals surface area contributed by atoms with Gasteiger partial charge in [0.05, 0.1) is 5.56 Å². The summed E-state index contributed by atoms with van der Waals surface area (Å²) >= 11 is 0. The molecule has 0 atom stereocenters. The van der Waals surface area contributed by atoms with E-state index in [9.17, 15) is 4.79 Å². The molecule has 0 aliphatic heterocycles. The molecule has 3 nitrogen and oxygen atoms in total. The zero-order valence-electron chi connectivity index (χ0n) is 8.50. The van der Waals surface area contributed by atoms with Gasteiger partial charge in [0.2, 0.25) is 0 Å². The van der Waals surface area contributed by atoms with E-state index in [4.69, 9.17) is 0 Å². The van der Waals surface area contributed by atoms with Crippen molar-refractivity contribution in [3.8, 4) is 0 Å². The van der Waals surface area contributed by atoms with Gasteiger partial charge in [-0.05, 0) is 38.8 Å². The Bertz CT molecular complexity index is 370. The van der Waals surface area contributed by atoms with Crippen molar-refractivity contribution in [3.05, 3.63) is 23.4 Å². The Morgan fingerprint density at radius 2 is 2.21 bits per heavy atom. The van der Waals surface area contributed by atoms with Gasteiger partial charge in [0.1, 0.15) is 5.82 Å². The van der Waals surface area contributed by atoms with Gasteiger partial charge >= 0.3 is 0 Å². The molecular weight excluding hydrogens is 176 g/mol. The summed E-state index contributed by atoms with van der Waals surface area (Å²) in [5.41, 5.74) is 1.64. The number of aromatic nitrogens is 1. The third-order valence-electron chi connectivity index (χ3n) is 2.33. The monoisotopic (exact) mass is 190 g/mol. The largest absolute Gasteiger partial charge is 0.367 e. The molecule has 1 heterocycles. The highest BCUT2D eigenvalue weighted by Gasteiger charge is 2.23. The van der Waals surface area contributed by atoms with Crippen LogP contribution in [0.5, 0.6) is 0 Å². The van der Waals surface area contributed by atoms with E-state index in [-0.39, 0.29) is 5.78 Å². The van der Waals surface area contributed by atoms with Crippen LogP contribution in [0.4, 0.5) is 5.82 Å². The number of nitrogens with zero attached hydrogens (tertiary/aromatic N) is 1. The lowest BCUT2D eigenvalue weighted by Crippen LogP contribution is -2.09. The summed E-state index contributed by atoms with van der Waals surface area (Å²) in [6.45, 7) is 3.51. The fourth-order valence-corrected chi connectivity index (χ4v) is 1.37. The van der Waals surface area contributed by atoms with Crippen molar-refractivity contribution >= 4 is 11.6 Å². The standard InChI is InChI=1S/C11H14N2O/c1-7-3-6-10(8(2)14)11(12-7)13-9-4-5-9/h3,6,9H,4-5H2,1-2H3,(H,12,13). The molecule has 1 aromatic heterocycles. The molecule has 0 aromatic carbocycles. The molecule has 1 N–H and O–H groups in total. The van der Waals surface area contributed by atoms with Gasteiger partial charge in [-0.3, -0.25) is 4.79 Å².